The Balaban J connectivity index is 2.16. The summed E-state index contributed by atoms with van der Waals surface area (Å²) >= 11 is 0. The first-order valence-electron chi connectivity index (χ1n) is 6.35. The molecule has 1 amide bonds. The average Bonchev–Trinajstić information content (AvgIpc) is 2.32. The predicted octanol–water partition coefficient (Wildman–Crippen LogP) is 1.16. The van der Waals surface area contributed by atoms with Crippen LogP contribution in [0.25, 0.3) is 0 Å². The van der Waals surface area contributed by atoms with Crippen LogP contribution in [0.1, 0.15) is 25.8 Å². The van der Waals surface area contributed by atoms with Gasteiger partial charge in [-0.05, 0) is 19.9 Å². The number of hydrogen-bond acceptors (Lipinski definition) is 3. The lowest BCUT2D eigenvalue weighted by Gasteiger charge is -2.47. The molecule has 4 nitrogen and oxygen atoms in total. The van der Waals surface area contributed by atoms with Crippen molar-refractivity contribution in [2.75, 3.05) is 13.1 Å². The van der Waals surface area contributed by atoms with E-state index in [1.165, 1.54) is 0 Å². The van der Waals surface area contributed by atoms with Crippen LogP contribution >= 0.6 is 0 Å². The zero-order valence-corrected chi connectivity index (χ0v) is 10.7. The van der Waals surface area contributed by atoms with Crippen LogP contribution in [-0.2, 0) is 10.3 Å². The SMILES string of the molecule is CC1(C)CC2(NCCNC2=O)c2ccccc2O1. The van der Waals surface area contributed by atoms with Crippen molar-refractivity contribution in [2.45, 2.75) is 31.4 Å². The van der Waals surface area contributed by atoms with E-state index in [1.807, 2.05) is 38.1 Å². The number of nitrogens with one attached hydrogen (secondary N) is 2. The van der Waals surface area contributed by atoms with Crippen LogP contribution in [0.15, 0.2) is 24.3 Å². The van der Waals surface area contributed by atoms with E-state index >= 15 is 0 Å². The van der Waals surface area contributed by atoms with Gasteiger partial charge in [0.15, 0.2) is 0 Å². The van der Waals surface area contributed by atoms with E-state index < -0.39 is 5.54 Å². The van der Waals surface area contributed by atoms with Crippen molar-refractivity contribution in [1.29, 1.82) is 0 Å². The molecule has 1 unspecified atom stereocenters. The molecular weight excluding hydrogens is 228 g/mol. The number of para-hydroxylation sites is 1. The van der Waals surface area contributed by atoms with Gasteiger partial charge in [-0.2, -0.15) is 0 Å². The highest BCUT2D eigenvalue weighted by atomic mass is 16.5. The summed E-state index contributed by atoms with van der Waals surface area (Å²) < 4.78 is 5.98. The summed E-state index contributed by atoms with van der Waals surface area (Å²) in [7, 11) is 0. The number of amides is 1. The lowest BCUT2D eigenvalue weighted by Crippen LogP contribution is -2.65. The Bertz CT molecular complexity index is 498. The molecule has 2 heterocycles. The van der Waals surface area contributed by atoms with Gasteiger partial charge in [0.05, 0.1) is 0 Å². The first-order chi connectivity index (χ1) is 8.54. The molecule has 1 spiro atoms. The lowest BCUT2D eigenvalue weighted by atomic mass is 9.76. The quantitative estimate of drug-likeness (QED) is 0.722. The number of rotatable bonds is 0. The minimum Gasteiger partial charge on any atom is -0.487 e. The third-order valence-corrected chi connectivity index (χ3v) is 3.65. The van der Waals surface area contributed by atoms with E-state index in [9.17, 15) is 4.79 Å². The molecule has 4 heteroatoms. The lowest BCUT2D eigenvalue weighted by molar-refractivity contribution is -0.133. The summed E-state index contributed by atoms with van der Waals surface area (Å²) in [6.07, 6.45) is 0.642. The Kier molecular flexibility index (Phi) is 2.38. The molecule has 0 saturated carbocycles. The molecule has 2 aliphatic rings. The van der Waals surface area contributed by atoms with Gasteiger partial charge in [0.1, 0.15) is 16.9 Å². The highest BCUT2D eigenvalue weighted by Crippen LogP contribution is 2.43. The van der Waals surface area contributed by atoms with Crippen molar-refractivity contribution in [1.82, 2.24) is 10.6 Å². The van der Waals surface area contributed by atoms with E-state index in [-0.39, 0.29) is 11.5 Å². The van der Waals surface area contributed by atoms with Gasteiger partial charge in [-0.1, -0.05) is 18.2 Å². The monoisotopic (exact) mass is 246 g/mol. The second kappa shape index (κ2) is 3.72. The molecule has 96 valence electrons. The fraction of sp³-hybridized carbons (Fsp3) is 0.500. The molecule has 1 fully saturated rings. The Labute approximate surface area is 107 Å². The van der Waals surface area contributed by atoms with Crippen molar-refractivity contribution < 1.29 is 9.53 Å². The topological polar surface area (TPSA) is 50.4 Å². The van der Waals surface area contributed by atoms with Crippen molar-refractivity contribution in [2.24, 2.45) is 0 Å². The maximum atomic E-state index is 12.4. The second-order valence-corrected chi connectivity index (χ2v) is 5.62. The first-order valence-corrected chi connectivity index (χ1v) is 6.35. The molecule has 1 aromatic rings. The van der Waals surface area contributed by atoms with Crippen LogP contribution in [0.4, 0.5) is 0 Å². The average molecular weight is 246 g/mol. The molecule has 1 atom stereocenters. The summed E-state index contributed by atoms with van der Waals surface area (Å²) in [5.41, 5.74) is -0.0476. The van der Waals surface area contributed by atoms with Gasteiger partial charge in [0.2, 0.25) is 5.91 Å². The second-order valence-electron chi connectivity index (χ2n) is 5.62. The molecule has 0 aromatic heterocycles. The number of hydrogen-bond donors (Lipinski definition) is 2. The Morgan fingerprint density at radius 3 is 2.78 bits per heavy atom. The Morgan fingerprint density at radius 1 is 1.22 bits per heavy atom. The number of fused-ring (bicyclic) bond motifs is 2. The molecule has 2 aliphatic heterocycles. The smallest absolute Gasteiger partial charge is 0.245 e. The van der Waals surface area contributed by atoms with Gasteiger partial charge < -0.3 is 10.1 Å². The minimum absolute atomic E-state index is 0.0533. The maximum absolute atomic E-state index is 12.4. The van der Waals surface area contributed by atoms with Gasteiger partial charge in [0, 0.05) is 25.1 Å². The van der Waals surface area contributed by atoms with Gasteiger partial charge in [-0.25, -0.2) is 0 Å². The third kappa shape index (κ3) is 1.60. The maximum Gasteiger partial charge on any atom is 0.245 e. The summed E-state index contributed by atoms with van der Waals surface area (Å²) in [4.78, 5) is 12.4. The number of carbonyl (C=O) groups is 1. The fourth-order valence-corrected chi connectivity index (χ4v) is 3.02. The number of ether oxygens (including phenoxy) is 1. The van der Waals surface area contributed by atoms with Crippen LogP contribution in [0.5, 0.6) is 5.75 Å². The molecule has 3 rings (SSSR count). The van der Waals surface area contributed by atoms with Crippen molar-refractivity contribution in [3.8, 4) is 5.75 Å². The van der Waals surface area contributed by atoms with Gasteiger partial charge >= 0.3 is 0 Å². The fourth-order valence-electron chi connectivity index (χ4n) is 3.02. The molecule has 0 bridgehead atoms. The molecule has 2 N–H and O–H groups in total. The summed E-state index contributed by atoms with van der Waals surface area (Å²) in [6.45, 7) is 5.52. The molecule has 1 saturated heterocycles. The van der Waals surface area contributed by atoms with Gasteiger partial charge in [-0.15, -0.1) is 0 Å². The van der Waals surface area contributed by atoms with E-state index in [2.05, 4.69) is 10.6 Å². The van der Waals surface area contributed by atoms with E-state index in [4.69, 9.17) is 4.74 Å². The summed E-state index contributed by atoms with van der Waals surface area (Å²) in [5, 5.41) is 6.37. The van der Waals surface area contributed by atoms with E-state index in [0.717, 1.165) is 17.9 Å². The minimum atomic E-state index is -0.642. The van der Waals surface area contributed by atoms with E-state index in [0.29, 0.717) is 13.0 Å². The summed E-state index contributed by atoms with van der Waals surface area (Å²) in [5.74, 6) is 0.857. The Hall–Kier alpha value is -1.55. The number of piperazine rings is 1. The Morgan fingerprint density at radius 2 is 2.00 bits per heavy atom. The largest absolute Gasteiger partial charge is 0.487 e. The zero-order valence-electron chi connectivity index (χ0n) is 10.7. The number of benzene rings is 1. The summed E-state index contributed by atoms with van der Waals surface area (Å²) in [6, 6.07) is 7.80. The standard InChI is InChI=1S/C14H18N2O2/c1-13(2)9-14(12(17)15-7-8-16-14)10-5-3-4-6-11(10)18-13/h3-6,16H,7-9H2,1-2H3,(H,15,17). The van der Waals surface area contributed by atoms with Crippen molar-refractivity contribution >= 4 is 5.91 Å². The number of carbonyl (C=O) groups excluding carboxylic acids is 1. The normalized spacial score (nSPS) is 29.3. The first kappa shape index (κ1) is 11.5. The molecule has 0 radical (unpaired) electrons. The van der Waals surface area contributed by atoms with Crippen LogP contribution in [0.2, 0.25) is 0 Å². The van der Waals surface area contributed by atoms with Crippen molar-refractivity contribution in [3.05, 3.63) is 29.8 Å². The zero-order chi connectivity index (χ0) is 12.8. The van der Waals surface area contributed by atoms with Crippen molar-refractivity contribution in [3.63, 3.8) is 0 Å². The molecule has 18 heavy (non-hydrogen) atoms. The molecular formula is C14H18N2O2. The predicted molar refractivity (Wildman–Crippen MR) is 68.5 cm³/mol. The molecule has 1 aromatic carbocycles. The van der Waals surface area contributed by atoms with E-state index in [1.54, 1.807) is 0 Å². The van der Waals surface area contributed by atoms with Gasteiger partial charge in [0.25, 0.3) is 0 Å². The third-order valence-electron chi connectivity index (χ3n) is 3.65. The van der Waals surface area contributed by atoms with Crippen LogP contribution in [0, 0.1) is 0 Å². The van der Waals surface area contributed by atoms with Gasteiger partial charge in [-0.3, -0.25) is 10.1 Å². The highest BCUT2D eigenvalue weighted by Gasteiger charge is 2.51. The van der Waals surface area contributed by atoms with Crippen LogP contribution in [-0.4, -0.2) is 24.6 Å². The molecule has 0 aliphatic carbocycles. The van der Waals surface area contributed by atoms with Crippen LogP contribution < -0.4 is 15.4 Å². The highest BCUT2D eigenvalue weighted by molar-refractivity contribution is 5.89. The van der Waals surface area contributed by atoms with Crippen LogP contribution in [0.3, 0.4) is 0 Å².